The molecular formula is C23H18BrF3N2O3S. The number of ether oxygens (including phenoxy) is 1. The highest BCUT2D eigenvalue weighted by molar-refractivity contribution is 9.10. The van der Waals surface area contributed by atoms with E-state index in [0.717, 1.165) is 18.0 Å². The first-order valence-electron chi connectivity index (χ1n) is 9.80. The number of halogens is 4. The largest absolute Gasteiger partial charge is 0.506 e. The minimum Gasteiger partial charge on any atom is -0.506 e. The molecule has 1 aliphatic rings. The average molecular weight is 539 g/mol. The fourth-order valence-corrected chi connectivity index (χ4v) is 4.84. The van der Waals surface area contributed by atoms with Gasteiger partial charge in [0.1, 0.15) is 35.1 Å². The van der Waals surface area contributed by atoms with Gasteiger partial charge in [0.05, 0.1) is 21.6 Å². The van der Waals surface area contributed by atoms with Gasteiger partial charge in [-0.1, -0.05) is 0 Å². The van der Waals surface area contributed by atoms with Crippen LogP contribution in [-0.2, 0) is 0 Å². The fraction of sp³-hybridized carbons (Fsp3) is 0.174. The van der Waals surface area contributed by atoms with Crippen LogP contribution in [-0.4, -0.2) is 35.6 Å². The molecule has 1 amide bonds. The number of rotatable bonds is 0. The van der Waals surface area contributed by atoms with Crippen LogP contribution in [0.25, 0.3) is 11.1 Å². The lowest BCUT2D eigenvalue weighted by Crippen LogP contribution is -2.35. The number of amides is 1. The van der Waals surface area contributed by atoms with Crippen LogP contribution in [0.3, 0.4) is 0 Å². The van der Waals surface area contributed by atoms with E-state index < -0.39 is 23.6 Å². The molecule has 172 valence electrons. The summed E-state index contributed by atoms with van der Waals surface area (Å²) in [4.78, 5) is 14.7. The lowest BCUT2D eigenvalue weighted by Gasteiger charge is -2.24. The number of phenolic OH excluding ortho intramolecular Hbond substituents is 1. The van der Waals surface area contributed by atoms with E-state index >= 15 is 0 Å². The van der Waals surface area contributed by atoms with Crippen molar-refractivity contribution in [2.75, 3.05) is 18.3 Å². The number of benzene rings is 3. The molecule has 1 unspecified atom stereocenters. The summed E-state index contributed by atoms with van der Waals surface area (Å²) in [5.74, 6) is -2.69. The van der Waals surface area contributed by atoms with Gasteiger partial charge in [0.2, 0.25) is 0 Å². The Hall–Kier alpha value is -2.85. The molecular weight excluding hydrogens is 521 g/mol. The monoisotopic (exact) mass is 538 g/mol. The van der Waals surface area contributed by atoms with Crippen LogP contribution < -0.4 is 9.46 Å². The Morgan fingerprint density at radius 1 is 1.12 bits per heavy atom. The third-order valence-corrected chi connectivity index (χ3v) is 6.50. The molecule has 2 N–H and O–H groups in total. The summed E-state index contributed by atoms with van der Waals surface area (Å²) in [6, 6.07) is 8.49. The maximum absolute atomic E-state index is 14.8. The van der Waals surface area contributed by atoms with Crippen molar-refractivity contribution in [2.45, 2.75) is 17.9 Å². The predicted octanol–water partition coefficient (Wildman–Crippen LogP) is 6.21. The minimum atomic E-state index is -0.893. The van der Waals surface area contributed by atoms with E-state index in [1.165, 1.54) is 35.2 Å². The number of carbonyl (C=O) groups is 1. The topological polar surface area (TPSA) is 61.8 Å². The van der Waals surface area contributed by atoms with E-state index in [1.807, 2.05) is 0 Å². The van der Waals surface area contributed by atoms with Crippen LogP contribution in [0.1, 0.15) is 17.3 Å². The molecule has 1 aliphatic heterocycles. The zero-order valence-electron chi connectivity index (χ0n) is 17.5. The van der Waals surface area contributed by atoms with Gasteiger partial charge in [0.25, 0.3) is 5.91 Å². The second-order valence-corrected chi connectivity index (χ2v) is 9.28. The van der Waals surface area contributed by atoms with Gasteiger partial charge in [-0.3, -0.25) is 4.79 Å². The third kappa shape index (κ3) is 4.77. The first-order valence-corrected chi connectivity index (χ1v) is 11.4. The predicted molar refractivity (Wildman–Crippen MR) is 124 cm³/mol. The summed E-state index contributed by atoms with van der Waals surface area (Å²) in [5, 5.41) is 10.4. The Balaban J connectivity index is 1.89. The van der Waals surface area contributed by atoms with E-state index in [-0.39, 0.29) is 55.7 Å². The number of aromatic hydroxyl groups is 1. The molecule has 4 bridgehead atoms. The lowest BCUT2D eigenvalue weighted by atomic mass is 10.0. The summed E-state index contributed by atoms with van der Waals surface area (Å²) < 4.78 is 52.3. The number of carbonyl (C=O) groups excluding carboxylic acids is 1. The SMILES string of the molecule is CC1CN(C)C(=O)c2cc(Br)c(O)c(c2)SNc2cc(c(F)cc2F)-c2cc(F)ccc2O1. The van der Waals surface area contributed by atoms with Gasteiger partial charge in [-0.15, -0.1) is 0 Å². The zero-order valence-corrected chi connectivity index (χ0v) is 19.9. The van der Waals surface area contributed by atoms with Gasteiger partial charge in [-0.25, -0.2) is 13.2 Å². The van der Waals surface area contributed by atoms with Gasteiger partial charge in [0, 0.05) is 29.8 Å². The van der Waals surface area contributed by atoms with E-state index in [2.05, 4.69) is 20.7 Å². The van der Waals surface area contributed by atoms with Crippen LogP contribution in [0.2, 0.25) is 0 Å². The molecule has 0 aromatic heterocycles. The molecule has 0 spiro atoms. The van der Waals surface area contributed by atoms with Gasteiger partial charge in [0.15, 0.2) is 0 Å². The molecule has 0 aliphatic carbocycles. The third-order valence-electron chi connectivity index (χ3n) is 5.04. The van der Waals surface area contributed by atoms with Crippen LogP contribution in [0.4, 0.5) is 18.9 Å². The Morgan fingerprint density at radius 2 is 1.88 bits per heavy atom. The van der Waals surface area contributed by atoms with E-state index in [4.69, 9.17) is 4.74 Å². The summed E-state index contributed by atoms with van der Waals surface area (Å²) in [5.41, 5.74) is 0.220. The van der Waals surface area contributed by atoms with Crippen molar-refractivity contribution in [2.24, 2.45) is 0 Å². The number of nitrogens with one attached hydrogen (secondary N) is 1. The Labute approximate surface area is 200 Å². The Kier molecular flexibility index (Phi) is 6.49. The second-order valence-electron chi connectivity index (χ2n) is 7.58. The molecule has 0 saturated heterocycles. The molecule has 33 heavy (non-hydrogen) atoms. The molecule has 1 atom stereocenters. The highest BCUT2D eigenvalue weighted by Crippen LogP contribution is 2.40. The van der Waals surface area contributed by atoms with Crippen molar-refractivity contribution in [3.8, 4) is 22.6 Å². The minimum absolute atomic E-state index is 0.0698. The average Bonchev–Trinajstić information content (AvgIpc) is 2.76. The van der Waals surface area contributed by atoms with Crippen molar-refractivity contribution >= 4 is 39.5 Å². The van der Waals surface area contributed by atoms with Crippen molar-refractivity contribution in [3.05, 3.63) is 70.0 Å². The number of likely N-dealkylation sites (N-methyl/N-ethyl adjacent to an activating group) is 1. The summed E-state index contributed by atoms with van der Waals surface area (Å²) >= 11 is 4.08. The summed E-state index contributed by atoms with van der Waals surface area (Å²) in [7, 11) is 1.59. The first kappa shape index (κ1) is 23.3. The molecule has 10 heteroatoms. The van der Waals surface area contributed by atoms with Crippen molar-refractivity contribution < 1.29 is 27.8 Å². The van der Waals surface area contributed by atoms with Gasteiger partial charge < -0.3 is 19.5 Å². The highest BCUT2D eigenvalue weighted by Gasteiger charge is 2.22. The van der Waals surface area contributed by atoms with Crippen LogP contribution in [0.15, 0.2) is 51.8 Å². The number of anilines is 1. The molecule has 1 heterocycles. The standard InChI is InChI=1S/C23H18BrF3N2O3S/c1-11-10-29(2)23(31)12-5-16(24)22(30)21(6-12)33-28-19-8-14(17(26)9-18(19)27)15-7-13(25)3-4-20(15)32-11/h3-9,11,28,30H,10H2,1-2H3. The zero-order chi connectivity index (χ0) is 23.9. The number of phenols is 1. The van der Waals surface area contributed by atoms with E-state index in [1.54, 1.807) is 14.0 Å². The lowest BCUT2D eigenvalue weighted by molar-refractivity contribution is 0.0727. The molecule has 0 saturated carbocycles. The molecule has 0 fully saturated rings. The number of hydrogen-bond acceptors (Lipinski definition) is 5. The number of hydrogen-bond donors (Lipinski definition) is 2. The molecule has 3 aromatic carbocycles. The molecule has 4 rings (SSSR count). The summed E-state index contributed by atoms with van der Waals surface area (Å²) in [6.07, 6.45) is -0.538. The highest BCUT2D eigenvalue weighted by atomic mass is 79.9. The van der Waals surface area contributed by atoms with Crippen LogP contribution in [0.5, 0.6) is 11.5 Å². The second kappa shape index (κ2) is 9.18. The van der Waals surface area contributed by atoms with Crippen molar-refractivity contribution in [1.82, 2.24) is 4.90 Å². The van der Waals surface area contributed by atoms with Crippen molar-refractivity contribution in [1.29, 1.82) is 0 Å². The fourth-order valence-electron chi connectivity index (χ4n) is 3.48. The van der Waals surface area contributed by atoms with Gasteiger partial charge >= 0.3 is 0 Å². The molecule has 0 radical (unpaired) electrons. The van der Waals surface area contributed by atoms with Gasteiger partial charge in [-0.05, 0) is 71.2 Å². The number of nitrogens with zero attached hydrogens (tertiary/aromatic N) is 1. The van der Waals surface area contributed by atoms with E-state index in [9.17, 15) is 23.1 Å². The smallest absolute Gasteiger partial charge is 0.253 e. The van der Waals surface area contributed by atoms with Gasteiger partial charge in [-0.2, -0.15) is 0 Å². The van der Waals surface area contributed by atoms with Crippen molar-refractivity contribution in [3.63, 3.8) is 0 Å². The Bertz CT molecular complexity index is 1260. The van der Waals surface area contributed by atoms with E-state index in [0.29, 0.717) is 6.07 Å². The van der Waals surface area contributed by atoms with Crippen LogP contribution in [0, 0.1) is 17.5 Å². The summed E-state index contributed by atoms with van der Waals surface area (Å²) in [6.45, 7) is 1.89. The molecule has 5 nitrogen and oxygen atoms in total. The first-order chi connectivity index (χ1) is 15.6. The maximum atomic E-state index is 14.8. The number of fused-ring (bicyclic) bond motifs is 6. The van der Waals surface area contributed by atoms with Crippen LogP contribution >= 0.6 is 27.9 Å². The quantitative estimate of drug-likeness (QED) is 0.333. The normalized spacial score (nSPS) is 16.2. The Morgan fingerprint density at radius 3 is 2.64 bits per heavy atom. The maximum Gasteiger partial charge on any atom is 0.253 e. The molecule has 3 aromatic rings.